The highest BCUT2D eigenvalue weighted by Crippen LogP contribution is 2.40. The Kier molecular flexibility index (Phi) is 4.89. The lowest BCUT2D eigenvalue weighted by Crippen LogP contribution is -2.39. The molecule has 0 heterocycles. The number of nitrogens with zero attached hydrogens (tertiary/aromatic N) is 1. The first-order valence-electron chi connectivity index (χ1n) is 8.72. The number of amides is 1. The molecule has 2 aromatic rings. The van der Waals surface area contributed by atoms with Crippen LogP contribution >= 0.6 is 0 Å². The maximum Gasteiger partial charge on any atom is 0.251 e. The Morgan fingerprint density at radius 2 is 1.75 bits per heavy atom. The zero-order valence-corrected chi connectivity index (χ0v) is 14.6. The summed E-state index contributed by atoms with van der Waals surface area (Å²) >= 11 is 0. The molecule has 2 aromatic carbocycles. The Hall–Kier alpha value is -2.29. The lowest BCUT2D eigenvalue weighted by atomic mass is 9.79. The third-order valence-corrected chi connectivity index (χ3v) is 5.16. The summed E-state index contributed by atoms with van der Waals surface area (Å²) < 4.78 is 0. The van der Waals surface area contributed by atoms with E-state index in [2.05, 4.69) is 35.6 Å². The van der Waals surface area contributed by atoms with Crippen LogP contribution in [0, 0.1) is 0 Å². The van der Waals surface area contributed by atoms with Crippen LogP contribution in [0.2, 0.25) is 0 Å². The lowest BCUT2D eigenvalue weighted by Gasteiger charge is -2.30. The number of rotatable bonds is 5. The fraction of sp³-hybridized carbons (Fsp3) is 0.381. The van der Waals surface area contributed by atoms with Crippen molar-refractivity contribution in [2.24, 2.45) is 0 Å². The Bertz CT molecular complexity index is 688. The Balaban J connectivity index is 1.74. The normalized spacial score (nSPS) is 15.9. The van der Waals surface area contributed by atoms with Crippen LogP contribution in [0.3, 0.4) is 0 Å². The SMILES string of the molecule is CN(C)c1cccc(C(=O)NCC2(c3ccccc3)CCCC2)c1. The van der Waals surface area contributed by atoms with Crippen molar-refractivity contribution in [3.8, 4) is 0 Å². The second kappa shape index (κ2) is 7.08. The highest BCUT2D eigenvalue weighted by molar-refractivity contribution is 5.95. The molecule has 3 heteroatoms. The number of hydrogen-bond acceptors (Lipinski definition) is 2. The van der Waals surface area contributed by atoms with Crippen LogP contribution in [0.5, 0.6) is 0 Å². The smallest absolute Gasteiger partial charge is 0.251 e. The van der Waals surface area contributed by atoms with Gasteiger partial charge in [0.25, 0.3) is 5.91 Å². The molecule has 3 rings (SSSR count). The van der Waals surface area contributed by atoms with Gasteiger partial charge in [0.15, 0.2) is 0 Å². The topological polar surface area (TPSA) is 32.3 Å². The first-order chi connectivity index (χ1) is 11.6. The molecule has 1 amide bonds. The molecule has 0 saturated heterocycles. The first-order valence-corrected chi connectivity index (χ1v) is 8.72. The highest BCUT2D eigenvalue weighted by Gasteiger charge is 2.35. The average Bonchev–Trinajstić information content (AvgIpc) is 3.11. The number of carbonyl (C=O) groups is 1. The van der Waals surface area contributed by atoms with Crippen molar-refractivity contribution in [3.05, 3.63) is 65.7 Å². The van der Waals surface area contributed by atoms with Crippen molar-refractivity contribution in [1.29, 1.82) is 0 Å². The highest BCUT2D eigenvalue weighted by atomic mass is 16.1. The third-order valence-electron chi connectivity index (χ3n) is 5.16. The van der Waals surface area contributed by atoms with Crippen LogP contribution in [0.4, 0.5) is 5.69 Å². The van der Waals surface area contributed by atoms with E-state index in [1.54, 1.807) is 0 Å². The van der Waals surface area contributed by atoms with E-state index in [1.165, 1.54) is 18.4 Å². The molecule has 3 nitrogen and oxygen atoms in total. The van der Waals surface area contributed by atoms with Crippen LogP contribution in [0.1, 0.15) is 41.6 Å². The molecule has 1 aliphatic rings. The quantitative estimate of drug-likeness (QED) is 0.902. The van der Waals surface area contributed by atoms with Gasteiger partial charge in [-0.05, 0) is 36.6 Å². The fourth-order valence-corrected chi connectivity index (χ4v) is 3.69. The molecular weight excluding hydrogens is 296 g/mol. The zero-order chi connectivity index (χ0) is 17.0. The number of anilines is 1. The predicted molar refractivity (Wildman–Crippen MR) is 99.7 cm³/mol. The maximum absolute atomic E-state index is 12.6. The summed E-state index contributed by atoms with van der Waals surface area (Å²) in [6.07, 6.45) is 4.77. The zero-order valence-electron chi connectivity index (χ0n) is 14.6. The van der Waals surface area contributed by atoms with Crippen molar-refractivity contribution in [2.45, 2.75) is 31.1 Å². The Labute approximate surface area is 144 Å². The lowest BCUT2D eigenvalue weighted by molar-refractivity contribution is 0.0943. The van der Waals surface area contributed by atoms with Gasteiger partial charge in [0.2, 0.25) is 0 Å². The molecule has 0 atom stereocenters. The van der Waals surface area contributed by atoms with Gasteiger partial charge in [0, 0.05) is 37.3 Å². The van der Waals surface area contributed by atoms with Gasteiger partial charge < -0.3 is 10.2 Å². The molecule has 0 aromatic heterocycles. The van der Waals surface area contributed by atoms with E-state index in [9.17, 15) is 4.79 Å². The summed E-state index contributed by atoms with van der Waals surface area (Å²) in [4.78, 5) is 14.6. The van der Waals surface area contributed by atoms with Gasteiger partial charge >= 0.3 is 0 Å². The molecule has 1 aliphatic carbocycles. The molecular formula is C21H26N2O. The van der Waals surface area contributed by atoms with Gasteiger partial charge in [-0.25, -0.2) is 0 Å². The summed E-state index contributed by atoms with van der Waals surface area (Å²) in [5.41, 5.74) is 3.21. The van der Waals surface area contributed by atoms with Crippen molar-refractivity contribution in [2.75, 3.05) is 25.5 Å². The number of nitrogens with one attached hydrogen (secondary N) is 1. The standard InChI is InChI=1S/C21H26N2O/c1-23(2)19-12-8-9-17(15-19)20(24)22-16-21(13-6-7-14-21)18-10-4-3-5-11-18/h3-5,8-12,15H,6-7,13-14,16H2,1-2H3,(H,22,24). The molecule has 0 aliphatic heterocycles. The number of hydrogen-bond donors (Lipinski definition) is 1. The minimum Gasteiger partial charge on any atom is -0.378 e. The van der Waals surface area contributed by atoms with E-state index >= 15 is 0 Å². The van der Waals surface area contributed by atoms with Crippen LogP contribution in [-0.2, 0) is 5.41 Å². The molecule has 0 radical (unpaired) electrons. The summed E-state index contributed by atoms with van der Waals surface area (Å²) in [6, 6.07) is 18.4. The van der Waals surface area contributed by atoms with E-state index in [1.807, 2.05) is 43.3 Å². The van der Waals surface area contributed by atoms with Crippen molar-refractivity contribution < 1.29 is 4.79 Å². The van der Waals surface area contributed by atoms with Gasteiger partial charge in [-0.2, -0.15) is 0 Å². The number of carbonyl (C=O) groups excluding carboxylic acids is 1. The molecule has 1 saturated carbocycles. The maximum atomic E-state index is 12.6. The second-order valence-corrected chi connectivity index (χ2v) is 6.98. The van der Waals surface area contributed by atoms with E-state index in [4.69, 9.17) is 0 Å². The predicted octanol–water partition coefficient (Wildman–Crippen LogP) is 3.99. The monoisotopic (exact) mass is 322 g/mol. The molecule has 0 unspecified atom stereocenters. The van der Waals surface area contributed by atoms with Crippen molar-refractivity contribution in [1.82, 2.24) is 5.32 Å². The summed E-state index contributed by atoms with van der Waals surface area (Å²) in [5.74, 6) is 0.0147. The summed E-state index contributed by atoms with van der Waals surface area (Å²) in [5, 5.41) is 3.19. The van der Waals surface area contributed by atoms with Gasteiger partial charge in [-0.15, -0.1) is 0 Å². The van der Waals surface area contributed by atoms with Gasteiger partial charge in [0.1, 0.15) is 0 Å². The minimum absolute atomic E-state index is 0.0147. The largest absolute Gasteiger partial charge is 0.378 e. The second-order valence-electron chi connectivity index (χ2n) is 6.98. The van der Waals surface area contributed by atoms with Gasteiger partial charge in [-0.1, -0.05) is 49.2 Å². The third kappa shape index (κ3) is 3.45. The van der Waals surface area contributed by atoms with Gasteiger partial charge in [-0.3, -0.25) is 4.79 Å². The Morgan fingerprint density at radius 3 is 2.42 bits per heavy atom. The first kappa shape index (κ1) is 16.6. The van der Waals surface area contributed by atoms with Crippen LogP contribution < -0.4 is 10.2 Å². The van der Waals surface area contributed by atoms with E-state index in [0.29, 0.717) is 6.54 Å². The average molecular weight is 322 g/mol. The van der Waals surface area contributed by atoms with Crippen LogP contribution in [0.15, 0.2) is 54.6 Å². The molecule has 0 bridgehead atoms. The number of benzene rings is 2. The molecule has 1 N–H and O–H groups in total. The van der Waals surface area contributed by atoms with Crippen molar-refractivity contribution >= 4 is 11.6 Å². The molecule has 0 spiro atoms. The van der Waals surface area contributed by atoms with E-state index in [0.717, 1.165) is 24.1 Å². The summed E-state index contributed by atoms with van der Waals surface area (Å²) in [7, 11) is 3.97. The van der Waals surface area contributed by atoms with Gasteiger partial charge in [0.05, 0.1) is 0 Å². The minimum atomic E-state index is 0.0147. The van der Waals surface area contributed by atoms with Crippen molar-refractivity contribution in [3.63, 3.8) is 0 Å². The fourth-order valence-electron chi connectivity index (χ4n) is 3.69. The molecule has 126 valence electrons. The van der Waals surface area contributed by atoms with E-state index < -0.39 is 0 Å². The van der Waals surface area contributed by atoms with Crippen LogP contribution in [0.25, 0.3) is 0 Å². The van der Waals surface area contributed by atoms with Crippen LogP contribution in [-0.4, -0.2) is 26.5 Å². The van der Waals surface area contributed by atoms with E-state index in [-0.39, 0.29) is 11.3 Å². The Morgan fingerprint density at radius 1 is 1.04 bits per heavy atom. The molecule has 1 fully saturated rings. The summed E-state index contributed by atoms with van der Waals surface area (Å²) in [6.45, 7) is 0.710. The molecule has 24 heavy (non-hydrogen) atoms.